The van der Waals surface area contributed by atoms with Crippen LogP contribution in [0.15, 0.2) is 30.3 Å². The number of ketones is 1. The molecule has 0 aromatic heterocycles. The predicted octanol–water partition coefficient (Wildman–Crippen LogP) is 3.33. The Morgan fingerprint density at radius 2 is 1.81 bits per heavy atom. The van der Waals surface area contributed by atoms with E-state index in [1.807, 2.05) is 30.3 Å². The molecule has 1 saturated carbocycles. The second kappa shape index (κ2) is 5.10. The van der Waals surface area contributed by atoms with Gasteiger partial charge in [0, 0.05) is 0 Å². The van der Waals surface area contributed by atoms with Crippen LogP contribution in [0.5, 0.6) is 0 Å². The molecule has 4 heteroatoms. The summed E-state index contributed by atoms with van der Waals surface area (Å²) in [4.78, 5) is 11.8. The van der Waals surface area contributed by atoms with Crippen molar-refractivity contribution >= 4 is 41.5 Å². The predicted molar refractivity (Wildman–Crippen MR) is 70.8 cm³/mol. The second-order valence-corrected chi connectivity index (χ2v) is 14.2. The van der Waals surface area contributed by atoms with Crippen LogP contribution in [-0.4, -0.2) is 16.8 Å². The molecular weight excluding hydrogens is 310 g/mol. The van der Waals surface area contributed by atoms with Gasteiger partial charge in [-0.2, -0.15) is 0 Å². The maximum absolute atomic E-state index is 11.9. The number of Topliss-reactive ketones (excluding diaryl/α,β-unsaturated/α-hetero) is 1. The van der Waals surface area contributed by atoms with Crippen LogP contribution in [0.25, 0.3) is 0 Å². The Morgan fingerprint density at radius 1 is 1.12 bits per heavy atom. The molecule has 16 heavy (non-hydrogen) atoms. The summed E-state index contributed by atoms with van der Waals surface area (Å²) in [6.45, 7) is 0. The number of hydrogen-bond acceptors (Lipinski definition) is 1. The van der Waals surface area contributed by atoms with E-state index in [1.165, 1.54) is 0 Å². The SMILES string of the molecule is O=C1CCCCC1[Se](Cl)(Cl)c1ccccc1. The number of carbonyl (C=O) groups excluding carboxylic acids is 1. The van der Waals surface area contributed by atoms with Gasteiger partial charge in [0.05, 0.1) is 0 Å². The van der Waals surface area contributed by atoms with Gasteiger partial charge in [0.1, 0.15) is 0 Å². The third kappa shape index (κ3) is 2.46. The molecule has 2 rings (SSSR count). The summed E-state index contributed by atoms with van der Waals surface area (Å²) in [6.07, 6.45) is 3.57. The van der Waals surface area contributed by atoms with E-state index in [0.717, 1.165) is 23.7 Å². The third-order valence-electron chi connectivity index (χ3n) is 2.91. The van der Waals surface area contributed by atoms with Gasteiger partial charge in [-0.3, -0.25) is 0 Å². The van der Waals surface area contributed by atoms with Gasteiger partial charge in [0.2, 0.25) is 0 Å². The van der Waals surface area contributed by atoms with Crippen molar-refractivity contribution in [3.05, 3.63) is 30.3 Å². The average molecular weight is 324 g/mol. The molecule has 0 amide bonds. The molecule has 1 nitrogen and oxygen atoms in total. The third-order valence-corrected chi connectivity index (χ3v) is 11.4. The molecule has 1 aromatic carbocycles. The Bertz CT molecular complexity index is 378. The molecule has 1 aliphatic rings. The summed E-state index contributed by atoms with van der Waals surface area (Å²) in [5, 5.41) is 0. The molecule has 0 aliphatic heterocycles. The first-order valence-electron chi connectivity index (χ1n) is 5.41. The van der Waals surface area contributed by atoms with Crippen LogP contribution < -0.4 is 4.46 Å². The van der Waals surface area contributed by atoms with Crippen molar-refractivity contribution in [1.82, 2.24) is 0 Å². The summed E-state index contributed by atoms with van der Waals surface area (Å²) in [7, 11) is 13.1. The van der Waals surface area contributed by atoms with E-state index in [0.29, 0.717) is 6.42 Å². The molecule has 1 unspecified atom stereocenters. The summed E-state index contributed by atoms with van der Waals surface area (Å²) in [6, 6.07) is 9.69. The first-order chi connectivity index (χ1) is 7.62. The topological polar surface area (TPSA) is 17.1 Å². The van der Waals surface area contributed by atoms with Crippen LogP contribution in [0, 0.1) is 0 Å². The van der Waals surface area contributed by atoms with E-state index in [9.17, 15) is 4.79 Å². The standard InChI is InChI=1S/C12H14Cl2OSe/c13-16(14,10-6-2-1-3-7-10)12-9-5-4-8-11(12)15/h1-3,6-7,12H,4-5,8-9H2. The molecular formula is C12H14Cl2OSe. The van der Waals surface area contributed by atoms with Gasteiger partial charge < -0.3 is 0 Å². The van der Waals surface area contributed by atoms with Crippen molar-refractivity contribution in [2.24, 2.45) is 0 Å². The number of hydrogen-bond donors (Lipinski definition) is 0. The van der Waals surface area contributed by atoms with Gasteiger partial charge in [-0.1, -0.05) is 0 Å². The first kappa shape index (κ1) is 12.4. The van der Waals surface area contributed by atoms with Crippen LogP contribution in [0.4, 0.5) is 0 Å². The second-order valence-electron chi connectivity index (χ2n) is 4.02. The van der Waals surface area contributed by atoms with E-state index in [4.69, 9.17) is 20.2 Å². The van der Waals surface area contributed by atoms with Gasteiger partial charge in [-0.25, -0.2) is 0 Å². The summed E-state index contributed by atoms with van der Waals surface area (Å²) < 4.78 is 0.974. The van der Waals surface area contributed by atoms with Gasteiger partial charge in [0.25, 0.3) is 0 Å². The molecule has 0 spiro atoms. The Hall–Kier alpha value is -0.0105. The summed E-state index contributed by atoms with van der Waals surface area (Å²) in [5.41, 5.74) is 0. The summed E-state index contributed by atoms with van der Waals surface area (Å²) in [5.74, 6) is 0.264. The Balaban J connectivity index is 2.27. The monoisotopic (exact) mass is 324 g/mol. The van der Waals surface area contributed by atoms with Crippen molar-refractivity contribution in [3.63, 3.8) is 0 Å². The minimum atomic E-state index is -2.84. The van der Waals surface area contributed by atoms with Crippen LogP contribution >= 0.6 is 20.2 Å². The van der Waals surface area contributed by atoms with Gasteiger partial charge >= 0.3 is 107 Å². The fraction of sp³-hybridized carbons (Fsp3) is 0.417. The molecule has 0 bridgehead atoms. The normalized spacial score (nSPS) is 23.1. The van der Waals surface area contributed by atoms with Gasteiger partial charge in [-0.05, 0) is 0 Å². The molecule has 0 saturated heterocycles. The zero-order chi connectivity index (χ0) is 11.6. The van der Waals surface area contributed by atoms with Crippen molar-refractivity contribution in [2.45, 2.75) is 30.5 Å². The zero-order valence-corrected chi connectivity index (χ0v) is 12.1. The molecule has 88 valence electrons. The zero-order valence-electron chi connectivity index (χ0n) is 8.86. The maximum atomic E-state index is 11.9. The minimum absolute atomic E-state index is 0.101. The Labute approximate surface area is 107 Å². The van der Waals surface area contributed by atoms with Crippen molar-refractivity contribution < 1.29 is 4.79 Å². The van der Waals surface area contributed by atoms with Crippen molar-refractivity contribution in [2.75, 3.05) is 0 Å². The van der Waals surface area contributed by atoms with E-state index >= 15 is 0 Å². The van der Waals surface area contributed by atoms with Crippen molar-refractivity contribution in [1.29, 1.82) is 0 Å². The van der Waals surface area contributed by atoms with E-state index in [2.05, 4.69) is 0 Å². The molecule has 1 fully saturated rings. The Kier molecular flexibility index (Phi) is 3.97. The molecule has 1 aromatic rings. The van der Waals surface area contributed by atoms with E-state index in [-0.39, 0.29) is 10.6 Å². The van der Waals surface area contributed by atoms with E-state index < -0.39 is 11.0 Å². The number of carbonyl (C=O) groups is 1. The molecule has 1 atom stereocenters. The van der Waals surface area contributed by atoms with E-state index in [1.54, 1.807) is 0 Å². The molecule has 0 heterocycles. The number of halogens is 2. The van der Waals surface area contributed by atoms with Crippen LogP contribution in [-0.2, 0) is 4.79 Å². The van der Waals surface area contributed by atoms with Crippen molar-refractivity contribution in [3.8, 4) is 0 Å². The van der Waals surface area contributed by atoms with Gasteiger partial charge in [0.15, 0.2) is 0 Å². The fourth-order valence-corrected chi connectivity index (χ4v) is 8.75. The van der Waals surface area contributed by atoms with Crippen LogP contribution in [0.2, 0.25) is 4.82 Å². The first-order valence-corrected chi connectivity index (χ1v) is 11.8. The van der Waals surface area contributed by atoms with Gasteiger partial charge in [-0.15, -0.1) is 0 Å². The van der Waals surface area contributed by atoms with Crippen LogP contribution in [0.3, 0.4) is 0 Å². The fourth-order valence-electron chi connectivity index (χ4n) is 2.03. The number of rotatable bonds is 2. The molecule has 0 N–H and O–H groups in total. The summed E-state index contributed by atoms with van der Waals surface area (Å²) >= 11 is -2.84. The quantitative estimate of drug-likeness (QED) is 0.763. The Morgan fingerprint density at radius 3 is 2.44 bits per heavy atom. The number of benzene rings is 1. The van der Waals surface area contributed by atoms with Crippen LogP contribution in [0.1, 0.15) is 25.7 Å². The molecule has 0 radical (unpaired) electrons. The average Bonchev–Trinajstić information content (AvgIpc) is 2.30. The molecule has 1 aliphatic carbocycles.